The van der Waals surface area contributed by atoms with Gasteiger partial charge in [0, 0.05) is 26.9 Å². The molecule has 0 aromatic heterocycles. The van der Waals surface area contributed by atoms with Crippen LogP contribution in [-0.2, 0) is 11.2 Å². The summed E-state index contributed by atoms with van der Waals surface area (Å²) in [4.78, 5) is 10.5. The molecule has 1 nitrogen and oxygen atoms in total. The topological polar surface area (TPSA) is 17.1 Å². The molecule has 0 heterocycles. The first kappa shape index (κ1) is 12.7. The van der Waals surface area contributed by atoms with Crippen LogP contribution < -0.4 is 0 Å². The van der Waals surface area contributed by atoms with Gasteiger partial charge in [-0.3, -0.25) is 0 Å². The minimum absolute atomic E-state index is 0.433. The molecule has 2 aromatic rings. The molecular weight excluding hydrogens is 279 g/mol. The average molecular weight is 288 g/mol. The van der Waals surface area contributed by atoms with Gasteiger partial charge in [0.25, 0.3) is 0 Å². The third-order valence-corrected chi connectivity index (χ3v) is 3.50. The zero-order valence-electron chi connectivity index (χ0n) is 8.84. The van der Waals surface area contributed by atoms with Gasteiger partial charge in [-0.15, -0.1) is 0 Å². The van der Waals surface area contributed by atoms with Crippen LogP contribution in [0.1, 0.15) is 12.0 Å². The first-order chi connectivity index (χ1) is 8.13. The largest absolute Gasteiger partial charge is 0.303 e. The van der Waals surface area contributed by atoms with Gasteiger partial charge in [-0.1, -0.05) is 40.9 Å². The maximum atomic E-state index is 10.5. The van der Waals surface area contributed by atoms with E-state index in [2.05, 4.69) is 0 Å². The Balaban J connectivity index is 2.70. The normalized spacial score (nSPS) is 10.8. The van der Waals surface area contributed by atoms with E-state index in [0.717, 1.165) is 22.6 Å². The molecule has 88 valence electrons. The van der Waals surface area contributed by atoms with Gasteiger partial charge in [0.15, 0.2) is 0 Å². The van der Waals surface area contributed by atoms with Crippen LogP contribution in [0.2, 0.25) is 15.1 Å². The second kappa shape index (κ2) is 5.26. The number of carbonyl (C=O) groups is 1. The predicted molar refractivity (Wildman–Crippen MR) is 73.4 cm³/mol. The fraction of sp³-hybridized carbons (Fsp3) is 0.154. The number of rotatable bonds is 3. The Morgan fingerprint density at radius 2 is 1.76 bits per heavy atom. The molecule has 0 saturated carbocycles. The maximum Gasteiger partial charge on any atom is 0.120 e. The number of benzene rings is 2. The highest BCUT2D eigenvalue weighted by Crippen LogP contribution is 2.34. The predicted octanol–water partition coefficient (Wildman–Crippen LogP) is 4.93. The van der Waals surface area contributed by atoms with Gasteiger partial charge in [-0.2, -0.15) is 0 Å². The van der Waals surface area contributed by atoms with Crippen molar-refractivity contribution < 1.29 is 4.79 Å². The second-order valence-electron chi connectivity index (χ2n) is 3.71. The van der Waals surface area contributed by atoms with Crippen molar-refractivity contribution in [1.29, 1.82) is 0 Å². The third kappa shape index (κ3) is 2.57. The molecule has 0 spiro atoms. The lowest BCUT2D eigenvalue weighted by Crippen LogP contribution is -1.91. The standard InChI is InChI=1S/C13H9Cl3O/c14-8-3-4-10-11(6-8)9(2-1-5-17)12(15)7-13(10)16/h3-7H,1-2H2. The van der Waals surface area contributed by atoms with Gasteiger partial charge in [-0.25, -0.2) is 0 Å². The Morgan fingerprint density at radius 3 is 2.47 bits per heavy atom. The molecule has 2 aromatic carbocycles. The molecule has 2 rings (SSSR count). The van der Waals surface area contributed by atoms with Crippen molar-refractivity contribution >= 4 is 51.9 Å². The van der Waals surface area contributed by atoms with Crippen molar-refractivity contribution in [3.63, 3.8) is 0 Å². The van der Waals surface area contributed by atoms with Crippen LogP contribution in [0.15, 0.2) is 24.3 Å². The fourth-order valence-electron chi connectivity index (χ4n) is 1.84. The molecule has 0 aliphatic heterocycles. The molecule has 0 fully saturated rings. The zero-order chi connectivity index (χ0) is 12.4. The molecule has 0 unspecified atom stereocenters. The fourth-order valence-corrected chi connectivity index (χ4v) is 2.64. The summed E-state index contributed by atoms with van der Waals surface area (Å²) in [5.74, 6) is 0. The molecule has 0 aliphatic rings. The van der Waals surface area contributed by atoms with Crippen LogP contribution in [0.3, 0.4) is 0 Å². The number of hydrogen-bond acceptors (Lipinski definition) is 1. The second-order valence-corrected chi connectivity index (χ2v) is 4.96. The van der Waals surface area contributed by atoms with E-state index in [0.29, 0.717) is 27.9 Å². The van der Waals surface area contributed by atoms with Gasteiger partial charge in [-0.05, 0) is 35.6 Å². The zero-order valence-corrected chi connectivity index (χ0v) is 11.1. The highest BCUT2D eigenvalue weighted by molar-refractivity contribution is 6.40. The highest BCUT2D eigenvalue weighted by atomic mass is 35.5. The molecule has 17 heavy (non-hydrogen) atoms. The lowest BCUT2D eigenvalue weighted by molar-refractivity contribution is -0.107. The minimum Gasteiger partial charge on any atom is -0.303 e. The summed E-state index contributed by atoms with van der Waals surface area (Å²) < 4.78 is 0. The van der Waals surface area contributed by atoms with E-state index in [1.165, 1.54) is 0 Å². The van der Waals surface area contributed by atoms with E-state index in [1.807, 2.05) is 12.1 Å². The maximum absolute atomic E-state index is 10.5. The smallest absolute Gasteiger partial charge is 0.120 e. The lowest BCUT2D eigenvalue weighted by Gasteiger charge is -2.10. The quantitative estimate of drug-likeness (QED) is 0.731. The van der Waals surface area contributed by atoms with Crippen molar-refractivity contribution in [2.24, 2.45) is 0 Å². The molecule has 0 saturated heterocycles. The number of carbonyl (C=O) groups excluding carboxylic acids is 1. The first-order valence-corrected chi connectivity index (χ1v) is 6.26. The van der Waals surface area contributed by atoms with Crippen molar-refractivity contribution in [2.75, 3.05) is 0 Å². The monoisotopic (exact) mass is 286 g/mol. The molecule has 0 aliphatic carbocycles. The van der Waals surface area contributed by atoms with E-state index >= 15 is 0 Å². The molecule has 0 N–H and O–H groups in total. The summed E-state index contributed by atoms with van der Waals surface area (Å²) in [6.07, 6.45) is 1.90. The summed E-state index contributed by atoms with van der Waals surface area (Å²) >= 11 is 18.3. The van der Waals surface area contributed by atoms with Crippen LogP contribution in [0.5, 0.6) is 0 Å². The van der Waals surface area contributed by atoms with Gasteiger partial charge in [0.2, 0.25) is 0 Å². The SMILES string of the molecule is O=CCCc1c(Cl)cc(Cl)c2ccc(Cl)cc12. The number of hydrogen-bond donors (Lipinski definition) is 0. The summed E-state index contributed by atoms with van der Waals surface area (Å²) in [5.41, 5.74) is 0.917. The summed E-state index contributed by atoms with van der Waals surface area (Å²) in [6, 6.07) is 7.18. The molecule has 4 heteroatoms. The number of aldehydes is 1. The van der Waals surface area contributed by atoms with Crippen LogP contribution in [0, 0.1) is 0 Å². The van der Waals surface area contributed by atoms with E-state index in [4.69, 9.17) is 34.8 Å². The molecule has 0 bridgehead atoms. The summed E-state index contributed by atoms with van der Waals surface area (Å²) in [5, 5.41) is 3.62. The molecular formula is C13H9Cl3O. The number of aryl methyl sites for hydroxylation is 1. The van der Waals surface area contributed by atoms with Crippen LogP contribution in [-0.4, -0.2) is 6.29 Å². The average Bonchev–Trinajstić information content (AvgIpc) is 2.28. The minimum atomic E-state index is 0.433. The summed E-state index contributed by atoms with van der Waals surface area (Å²) in [6.45, 7) is 0. The van der Waals surface area contributed by atoms with Crippen molar-refractivity contribution in [3.05, 3.63) is 44.9 Å². The number of fused-ring (bicyclic) bond motifs is 1. The van der Waals surface area contributed by atoms with E-state index in [1.54, 1.807) is 12.1 Å². The molecule has 0 atom stereocenters. The number of halogens is 3. The first-order valence-electron chi connectivity index (χ1n) is 5.13. The lowest BCUT2D eigenvalue weighted by atomic mass is 10.0. The van der Waals surface area contributed by atoms with Gasteiger partial charge in [0.05, 0.1) is 0 Å². The Bertz CT molecular complexity index is 578. The van der Waals surface area contributed by atoms with Crippen molar-refractivity contribution in [1.82, 2.24) is 0 Å². The Morgan fingerprint density at radius 1 is 1.00 bits per heavy atom. The Hall–Kier alpha value is -0.760. The van der Waals surface area contributed by atoms with Gasteiger partial charge in [0.1, 0.15) is 6.29 Å². The Kier molecular flexibility index (Phi) is 3.93. The van der Waals surface area contributed by atoms with Gasteiger partial charge >= 0.3 is 0 Å². The van der Waals surface area contributed by atoms with Crippen LogP contribution >= 0.6 is 34.8 Å². The highest BCUT2D eigenvalue weighted by Gasteiger charge is 2.10. The van der Waals surface area contributed by atoms with Crippen molar-refractivity contribution in [2.45, 2.75) is 12.8 Å². The van der Waals surface area contributed by atoms with E-state index < -0.39 is 0 Å². The van der Waals surface area contributed by atoms with E-state index in [-0.39, 0.29) is 0 Å². The summed E-state index contributed by atoms with van der Waals surface area (Å²) in [7, 11) is 0. The van der Waals surface area contributed by atoms with E-state index in [9.17, 15) is 4.79 Å². The van der Waals surface area contributed by atoms with Crippen molar-refractivity contribution in [3.8, 4) is 0 Å². The van der Waals surface area contributed by atoms with Crippen LogP contribution in [0.25, 0.3) is 10.8 Å². The Labute approximate surface area is 114 Å². The van der Waals surface area contributed by atoms with Gasteiger partial charge < -0.3 is 4.79 Å². The van der Waals surface area contributed by atoms with Crippen LogP contribution in [0.4, 0.5) is 0 Å². The molecule has 0 radical (unpaired) electrons. The third-order valence-electron chi connectivity index (χ3n) is 2.62. The molecule has 0 amide bonds.